The normalized spacial score (nSPS) is 11.4. The molecule has 0 unspecified atom stereocenters. The minimum atomic E-state index is -4.51. The maximum Gasteiger partial charge on any atom is 0.416 e. The first-order chi connectivity index (χ1) is 17.1. The fraction of sp³-hybridized carbons (Fsp3) is 0.120. The molecule has 3 aromatic rings. The van der Waals surface area contributed by atoms with Crippen molar-refractivity contribution in [2.75, 3.05) is 12.4 Å². The number of hydrogen-bond acceptors (Lipinski definition) is 6. The van der Waals surface area contributed by atoms with E-state index in [9.17, 15) is 27.6 Å². The van der Waals surface area contributed by atoms with Crippen LogP contribution in [0.5, 0.6) is 11.5 Å². The van der Waals surface area contributed by atoms with Crippen LogP contribution in [0.4, 0.5) is 18.9 Å². The highest BCUT2D eigenvalue weighted by atomic mass is 19.4. The lowest BCUT2D eigenvalue weighted by Crippen LogP contribution is -2.33. The average Bonchev–Trinajstić information content (AvgIpc) is 2.87. The molecule has 3 rings (SSSR count). The maximum atomic E-state index is 12.6. The quantitative estimate of drug-likeness (QED) is 0.172. The van der Waals surface area contributed by atoms with Gasteiger partial charge in [-0.15, -0.1) is 0 Å². The van der Waals surface area contributed by atoms with E-state index in [-0.39, 0.29) is 11.4 Å². The van der Waals surface area contributed by atoms with Gasteiger partial charge in [0, 0.05) is 5.69 Å². The molecule has 0 saturated carbocycles. The minimum absolute atomic E-state index is 0.0172. The van der Waals surface area contributed by atoms with Crippen LogP contribution in [0.2, 0.25) is 0 Å². The van der Waals surface area contributed by atoms with Crippen molar-refractivity contribution in [1.29, 1.82) is 0 Å². The van der Waals surface area contributed by atoms with Gasteiger partial charge in [0.05, 0.1) is 23.9 Å². The highest BCUT2D eigenvalue weighted by Gasteiger charge is 2.30. The number of methoxy groups -OCH3 is 1. The zero-order valence-corrected chi connectivity index (χ0v) is 19.1. The second-order valence-corrected chi connectivity index (χ2v) is 7.31. The molecule has 0 aliphatic carbocycles. The molecule has 0 aliphatic heterocycles. The van der Waals surface area contributed by atoms with Gasteiger partial charge in [-0.05, 0) is 85.3 Å². The van der Waals surface area contributed by atoms with E-state index in [1.165, 1.54) is 19.2 Å². The van der Waals surface area contributed by atoms with Crippen LogP contribution in [-0.2, 0) is 15.8 Å². The number of rotatable bonds is 6. The van der Waals surface area contributed by atoms with Crippen molar-refractivity contribution in [3.63, 3.8) is 0 Å². The molecule has 8 nitrogen and oxygen atoms in total. The first-order valence-electron chi connectivity index (χ1n) is 10.4. The summed E-state index contributed by atoms with van der Waals surface area (Å²) >= 11 is 0. The smallest absolute Gasteiger partial charge is 0.416 e. The number of hydrazone groups is 1. The molecule has 0 aliphatic rings. The number of halogens is 3. The van der Waals surface area contributed by atoms with Crippen LogP contribution in [-0.4, -0.2) is 30.6 Å². The molecular formula is C25H20F3N3O5. The van der Waals surface area contributed by atoms with Crippen molar-refractivity contribution in [3.05, 3.63) is 89.5 Å². The van der Waals surface area contributed by atoms with Crippen molar-refractivity contribution in [2.45, 2.75) is 13.1 Å². The van der Waals surface area contributed by atoms with Crippen LogP contribution in [0, 0.1) is 0 Å². The van der Waals surface area contributed by atoms with Crippen LogP contribution < -0.4 is 20.2 Å². The summed E-state index contributed by atoms with van der Waals surface area (Å²) in [5.74, 6) is -1.88. The third-order valence-electron chi connectivity index (χ3n) is 4.81. The summed E-state index contributed by atoms with van der Waals surface area (Å²) in [4.78, 5) is 36.2. The van der Waals surface area contributed by atoms with Gasteiger partial charge in [0.25, 0.3) is 0 Å². The second-order valence-electron chi connectivity index (χ2n) is 7.31. The first kappa shape index (κ1) is 25.9. The van der Waals surface area contributed by atoms with Gasteiger partial charge in [-0.2, -0.15) is 18.3 Å². The highest BCUT2D eigenvalue weighted by molar-refractivity contribution is 6.39. The lowest BCUT2D eigenvalue weighted by atomic mass is 10.1. The number of hydrogen-bond donors (Lipinski definition) is 2. The van der Waals surface area contributed by atoms with Crippen LogP contribution in [0.3, 0.4) is 0 Å². The van der Waals surface area contributed by atoms with Gasteiger partial charge in [-0.1, -0.05) is 0 Å². The Balaban J connectivity index is 1.54. The van der Waals surface area contributed by atoms with Crippen molar-refractivity contribution in [3.8, 4) is 11.5 Å². The Morgan fingerprint density at radius 3 is 1.89 bits per heavy atom. The predicted octanol–water partition coefficient (Wildman–Crippen LogP) is 4.41. The van der Waals surface area contributed by atoms with Gasteiger partial charge in [-0.25, -0.2) is 10.2 Å². The summed E-state index contributed by atoms with van der Waals surface area (Å²) in [7, 11) is 1.52. The lowest BCUT2D eigenvalue weighted by molar-refractivity contribution is -0.137. The molecule has 11 heteroatoms. The van der Waals surface area contributed by atoms with Gasteiger partial charge in [-0.3, -0.25) is 9.59 Å². The van der Waals surface area contributed by atoms with Gasteiger partial charge < -0.3 is 14.8 Å². The molecule has 0 atom stereocenters. The number of anilines is 1. The van der Waals surface area contributed by atoms with E-state index in [0.29, 0.717) is 22.6 Å². The topological polar surface area (TPSA) is 106 Å². The number of amides is 2. The number of carbonyl (C=O) groups excluding carboxylic acids is 3. The Morgan fingerprint density at radius 1 is 0.778 bits per heavy atom. The number of carbonyl (C=O) groups is 3. The third kappa shape index (κ3) is 6.92. The minimum Gasteiger partial charge on any atom is -0.497 e. The Labute approximate surface area is 203 Å². The van der Waals surface area contributed by atoms with Crippen molar-refractivity contribution in [2.24, 2.45) is 5.10 Å². The van der Waals surface area contributed by atoms with Crippen molar-refractivity contribution in [1.82, 2.24) is 5.43 Å². The Morgan fingerprint density at radius 2 is 1.33 bits per heavy atom. The third-order valence-corrected chi connectivity index (χ3v) is 4.81. The van der Waals surface area contributed by atoms with E-state index in [1.54, 1.807) is 43.3 Å². The Bertz CT molecular complexity index is 1270. The Hall–Kier alpha value is -4.67. The lowest BCUT2D eigenvalue weighted by Gasteiger charge is -2.08. The SMILES string of the molecule is COc1ccc(C(=O)Oc2ccc(/C(C)=N/NC(=O)C(=O)Nc3ccc(C(F)(F)F)cc3)cc2)cc1. The molecule has 0 radical (unpaired) electrons. The summed E-state index contributed by atoms with van der Waals surface area (Å²) < 4.78 is 48.2. The number of nitrogens with one attached hydrogen (secondary N) is 2. The number of esters is 1. The number of nitrogens with zero attached hydrogens (tertiary/aromatic N) is 1. The number of benzene rings is 3. The summed E-state index contributed by atoms with van der Waals surface area (Å²) in [6.07, 6.45) is -4.51. The van der Waals surface area contributed by atoms with Crippen molar-refractivity contribution >= 4 is 29.2 Å². The largest absolute Gasteiger partial charge is 0.497 e. The van der Waals surface area contributed by atoms with Gasteiger partial charge >= 0.3 is 24.0 Å². The number of alkyl halides is 3. The fourth-order valence-electron chi connectivity index (χ4n) is 2.84. The molecule has 0 saturated heterocycles. The van der Waals surface area contributed by atoms with Crippen molar-refractivity contribution < 1.29 is 37.0 Å². The predicted molar refractivity (Wildman–Crippen MR) is 125 cm³/mol. The molecule has 3 aromatic carbocycles. The van der Waals surface area contributed by atoms with Crippen LogP contribution in [0.15, 0.2) is 77.9 Å². The molecule has 36 heavy (non-hydrogen) atoms. The molecule has 0 bridgehead atoms. The van der Waals surface area contributed by atoms with E-state index in [1.807, 2.05) is 0 Å². The maximum absolute atomic E-state index is 12.6. The molecule has 0 fully saturated rings. The number of ether oxygens (including phenoxy) is 2. The zero-order valence-electron chi connectivity index (χ0n) is 19.1. The van der Waals surface area contributed by atoms with Gasteiger partial charge in [0.2, 0.25) is 0 Å². The molecule has 0 heterocycles. The Kier molecular flexibility index (Phi) is 8.05. The summed E-state index contributed by atoms with van der Waals surface area (Å²) in [5, 5.41) is 6.03. The van der Waals surface area contributed by atoms with E-state index < -0.39 is 29.5 Å². The van der Waals surface area contributed by atoms with Crippen LogP contribution in [0.25, 0.3) is 0 Å². The van der Waals surface area contributed by atoms with E-state index in [0.717, 1.165) is 24.3 Å². The first-order valence-corrected chi connectivity index (χ1v) is 10.4. The highest BCUT2D eigenvalue weighted by Crippen LogP contribution is 2.29. The van der Waals surface area contributed by atoms with E-state index in [2.05, 4.69) is 15.8 Å². The van der Waals surface area contributed by atoms with Gasteiger partial charge in [0.1, 0.15) is 11.5 Å². The average molecular weight is 499 g/mol. The van der Waals surface area contributed by atoms with E-state index >= 15 is 0 Å². The van der Waals surface area contributed by atoms with Crippen LogP contribution in [0.1, 0.15) is 28.4 Å². The monoisotopic (exact) mass is 499 g/mol. The zero-order chi connectivity index (χ0) is 26.3. The molecular weight excluding hydrogens is 479 g/mol. The van der Waals surface area contributed by atoms with E-state index in [4.69, 9.17) is 9.47 Å². The summed E-state index contributed by atoms with van der Waals surface area (Å²) in [6, 6.07) is 16.3. The van der Waals surface area contributed by atoms with Crippen LogP contribution >= 0.6 is 0 Å². The second kappa shape index (κ2) is 11.2. The molecule has 0 aromatic heterocycles. The summed E-state index contributed by atoms with van der Waals surface area (Å²) in [6.45, 7) is 1.58. The fourth-order valence-corrected chi connectivity index (χ4v) is 2.84. The molecule has 2 amide bonds. The summed E-state index contributed by atoms with van der Waals surface area (Å²) in [5.41, 5.74) is 2.47. The van der Waals surface area contributed by atoms with Gasteiger partial charge in [0.15, 0.2) is 0 Å². The molecule has 2 N–H and O–H groups in total. The molecule has 0 spiro atoms. The molecule has 186 valence electrons. The standard InChI is InChI=1S/C25H20F3N3O5/c1-15(30-31-23(33)22(32)29-19-9-7-18(8-10-19)25(26,27)28)16-3-13-21(14-4-16)36-24(34)17-5-11-20(35-2)12-6-17/h3-14H,1-2H3,(H,29,32)(H,31,33)/b30-15+.